The fourth-order valence-electron chi connectivity index (χ4n) is 3.70. The first-order valence-electron chi connectivity index (χ1n) is 7.17. The lowest BCUT2D eigenvalue weighted by molar-refractivity contribution is 0.0395. The van der Waals surface area contributed by atoms with Gasteiger partial charge in [-0.05, 0) is 55.6 Å². The molecule has 2 bridgehead atoms. The molecule has 2 N–H and O–H groups in total. The highest BCUT2D eigenvalue weighted by Gasteiger charge is 2.39. The number of hydrogen-bond donors (Lipinski definition) is 1. The van der Waals surface area contributed by atoms with E-state index in [1.54, 1.807) is 6.07 Å². The van der Waals surface area contributed by atoms with Gasteiger partial charge in [0.2, 0.25) is 0 Å². The number of hydrogen-bond acceptors (Lipinski definition) is 3. The maximum Gasteiger partial charge on any atom is 0.340 e. The van der Waals surface area contributed by atoms with Crippen molar-refractivity contribution in [3.05, 3.63) is 29.3 Å². The number of ether oxygens (including phenoxy) is 1. The van der Waals surface area contributed by atoms with Crippen LogP contribution in [0.25, 0.3) is 0 Å². The Morgan fingerprint density at radius 3 is 2.89 bits per heavy atom. The van der Waals surface area contributed by atoms with Gasteiger partial charge in [0.05, 0.1) is 12.2 Å². The van der Waals surface area contributed by atoms with Gasteiger partial charge in [0.1, 0.15) is 0 Å². The fourth-order valence-corrected chi connectivity index (χ4v) is 3.70. The van der Waals surface area contributed by atoms with E-state index in [2.05, 4.69) is 0 Å². The molecule has 102 valence electrons. The van der Waals surface area contributed by atoms with E-state index in [1.807, 2.05) is 19.1 Å². The van der Waals surface area contributed by atoms with E-state index in [1.165, 1.54) is 25.7 Å². The number of esters is 1. The summed E-state index contributed by atoms with van der Waals surface area (Å²) in [7, 11) is 0. The molecule has 0 aliphatic heterocycles. The van der Waals surface area contributed by atoms with E-state index in [4.69, 9.17) is 10.5 Å². The average molecular weight is 259 g/mol. The summed E-state index contributed by atoms with van der Waals surface area (Å²) < 4.78 is 5.48. The molecule has 1 aromatic rings. The lowest BCUT2D eigenvalue weighted by atomic mass is 9.89. The molecule has 3 nitrogen and oxygen atoms in total. The van der Waals surface area contributed by atoms with Crippen LogP contribution < -0.4 is 5.73 Å². The SMILES string of the molecule is Cc1cccc(C(=O)OCC2CC3CCC2C3)c1N. The van der Waals surface area contributed by atoms with Gasteiger partial charge in [0, 0.05) is 5.69 Å². The van der Waals surface area contributed by atoms with Crippen molar-refractivity contribution in [2.75, 3.05) is 12.3 Å². The summed E-state index contributed by atoms with van der Waals surface area (Å²) in [6.07, 6.45) is 5.27. The fraction of sp³-hybridized carbons (Fsp3) is 0.562. The van der Waals surface area contributed by atoms with Crippen molar-refractivity contribution in [2.24, 2.45) is 17.8 Å². The highest BCUT2D eigenvalue weighted by molar-refractivity contribution is 5.95. The van der Waals surface area contributed by atoms with E-state index in [9.17, 15) is 4.79 Å². The molecule has 19 heavy (non-hydrogen) atoms. The van der Waals surface area contributed by atoms with Crippen molar-refractivity contribution < 1.29 is 9.53 Å². The second-order valence-electron chi connectivity index (χ2n) is 6.07. The van der Waals surface area contributed by atoms with Crippen molar-refractivity contribution in [3.63, 3.8) is 0 Å². The van der Waals surface area contributed by atoms with Crippen LogP contribution in [0.1, 0.15) is 41.6 Å². The van der Waals surface area contributed by atoms with Crippen molar-refractivity contribution in [2.45, 2.75) is 32.6 Å². The number of nitrogen functional groups attached to an aromatic ring is 1. The summed E-state index contributed by atoms with van der Waals surface area (Å²) in [6.45, 7) is 2.47. The van der Waals surface area contributed by atoms with Crippen molar-refractivity contribution in [1.29, 1.82) is 0 Å². The quantitative estimate of drug-likeness (QED) is 0.670. The number of rotatable bonds is 3. The van der Waals surface area contributed by atoms with Gasteiger partial charge in [-0.25, -0.2) is 4.79 Å². The lowest BCUT2D eigenvalue weighted by Gasteiger charge is -2.21. The van der Waals surface area contributed by atoms with E-state index in [0.717, 1.165) is 17.4 Å². The van der Waals surface area contributed by atoms with Gasteiger partial charge in [0.15, 0.2) is 0 Å². The van der Waals surface area contributed by atoms with Crippen LogP contribution in [-0.2, 0) is 4.74 Å². The normalized spacial score (nSPS) is 28.6. The molecule has 2 aliphatic carbocycles. The van der Waals surface area contributed by atoms with E-state index < -0.39 is 0 Å². The Morgan fingerprint density at radius 2 is 2.21 bits per heavy atom. The highest BCUT2D eigenvalue weighted by Crippen LogP contribution is 2.48. The third-order valence-corrected chi connectivity index (χ3v) is 4.86. The molecule has 2 saturated carbocycles. The number of carbonyl (C=O) groups excluding carboxylic acids is 1. The van der Waals surface area contributed by atoms with Crippen molar-refractivity contribution in [3.8, 4) is 0 Å². The minimum atomic E-state index is -0.274. The first-order chi connectivity index (χ1) is 9.15. The van der Waals surface area contributed by atoms with Gasteiger partial charge in [-0.15, -0.1) is 0 Å². The Morgan fingerprint density at radius 1 is 1.37 bits per heavy atom. The zero-order valence-electron chi connectivity index (χ0n) is 11.4. The molecule has 0 amide bonds. The van der Waals surface area contributed by atoms with E-state index in [-0.39, 0.29) is 5.97 Å². The number of aryl methyl sites for hydroxylation is 1. The van der Waals surface area contributed by atoms with Gasteiger partial charge in [-0.2, -0.15) is 0 Å². The summed E-state index contributed by atoms with van der Waals surface area (Å²) in [5.41, 5.74) is 7.90. The maximum atomic E-state index is 12.1. The molecule has 3 atom stereocenters. The topological polar surface area (TPSA) is 52.3 Å². The number of benzene rings is 1. The Balaban J connectivity index is 1.61. The molecular weight excluding hydrogens is 238 g/mol. The second-order valence-corrected chi connectivity index (χ2v) is 6.07. The highest BCUT2D eigenvalue weighted by atomic mass is 16.5. The minimum Gasteiger partial charge on any atom is -0.462 e. The molecule has 3 rings (SSSR count). The van der Waals surface area contributed by atoms with Crippen LogP contribution in [0.15, 0.2) is 18.2 Å². The third-order valence-electron chi connectivity index (χ3n) is 4.86. The average Bonchev–Trinajstić information content (AvgIpc) is 3.01. The van der Waals surface area contributed by atoms with Gasteiger partial charge < -0.3 is 10.5 Å². The molecule has 3 heteroatoms. The number of nitrogens with two attached hydrogens (primary N) is 1. The number of carbonyl (C=O) groups is 1. The molecule has 3 unspecified atom stereocenters. The third kappa shape index (κ3) is 2.34. The Bertz CT molecular complexity index is 498. The van der Waals surface area contributed by atoms with Crippen molar-refractivity contribution in [1.82, 2.24) is 0 Å². The molecule has 2 aliphatic rings. The molecular formula is C16H21NO2. The summed E-state index contributed by atoms with van der Waals surface area (Å²) in [4.78, 5) is 12.1. The predicted octanol–water partition coefficient (Wildman–Crippen LogP) is 3.17. The Labute approximate surface area is 114 Å². The monoisotopic (exact) mass is 259 g/mol. The summed E-state index contributed by atoms with van der Waals surface area (Å²) >= 11 is 0. The first kappa shape index (κ1) is 12.5. The predicted molar refractivity (Wildman–Crippen MR) is 74.8 cm³/mol. The first-order valence-corrected chi connectivity index (χ1v) is 7.17. The molecule has 0 radical (unpaired) electrons. The number of anilines is 1. The smallest absolute Gasteiger partial charge is 0.340 e. The molecule has 2 fully saturated rings. The summed E-state index contributed by atoms with van der Waals surface area (Å²) in [6, 6.07) is 5.49. The van der Waals surface area contributed by atoms with Gasteiger partial charge >= 0.3 is 5.97 Å². The second kappa shape index (κ2) is 4.87. The summed E-state index contributed by atoms with van der Waals surface area (Å²) in [5.74, 6) is 1.98. The summed E-state index contributed by atoms with van der Waals surface area (Å²) in [5, 5.41) is 0. The van der Waals surface area contributed by atoms with Gasteiger partial charge in [-0.1, -0.05) is 18.6 Å². The molecule has 0 spiro atoms. The van der Waals surface area contributed by atoms with Gasteiger partial charge in [-0.3, -0.25) is 0 Å². The molecule has 1 aromatic carbocycles. The zero-order valence-corrected chi connectivity index (χ0v) is 11.4. The van der Waals surface area contributed by atoms with Crippen molar-refractivity contribution >= 4 is 11.7 Å². The number of fused-ring (bicyclic) bond motifs is 2. The van der Waals surface area contributed by atoms with Crippen LogP contribution in [0.5, 0.6) is 0 Å². The largest absolute Gasteiger partial charge is 0.462 e. The van der Waals surface area contributed by atoms with Gasteiger partial charge in [0.25, 0.3) is 0 Å². The lowest BCUT2D eigenvalue weighted by Crippen LogP contribution is -2.20. The maximum absolute atomic E-state index is 12.1. The van der Waals surface area contributed by atoms with E-state index >= 15 is 0 Å². The zero-order chi connectivity index (χ0) is 13.4. The standard InChI is InChI=1S/C16H21NO2/c1-10-3-2-4-14(15(10)17)16(18)19-9-13-8-11-5-6-12(13)7-11/h2-4,11-13H,5-9,17H2,1H3. The van der Waals surface area contributed by atoms with Crippen LogP contribution in [0.3, 0.4) is 0 Å². The molecule has 0 aromatic heterocycles. The Kier molecular flexibility index (Phi) is 3.21. The molecule has 0 saturated heterocycles. The van der Waals surface area contributed by atoms with Crippen LogP contribution in [0.2, 0.25) is 0 Å². The van der Waals surface area contributed by atoms with Crippen LogP contribution in [0.4, 0.5) is 5.69 Å². The van der Waals surface area contributed by atoms with E-state index in [0.29, 0.717) is 23.8 Å². The van der Waals surface area contributed by atoms with Crippen LogP contribution >= 0.6 is 0 Å². The Hall–Kier alpha value is -1.51. The molecule has 0 heterocycles. The number of para-hydroxylation sites is 1. The van der Waals surface area contributed by atoms with Crippen LogP contribution in [-0.4, -0.2) is 12.6 Å². The van der Waals surface area contributed by atoms with Crippen LogP contribution in [0, 0.1) is 24.7 Å². The minimum absolute atomic E-state index is 0.274.